The van der Waals surface area contributed by atoms with E-state index in [1.54, 1.807) is 12.1 Å². The summed E-state index contributed by atoms with van der Waals surface area (Å²) in [5, 5.41) is 0. The molecule has 0 spiro atoms. The molecule has 7 nitrogen and oxygen atoms in total. The largest absolute Gasteiger partial charge is 0.269 e. The third-order valence-corrected chi connectivity index (χ3v) is 6.70. The van der Waals surface area contributed by atoms with Gasteiger partial charge in [0, 0.05) is 24.2 Å². The van der Waals surface area contributed by atoms with Crippen LogP contribution in [0.4, 0.5) is 4.39 Å². The van der Waals surface area contributed by atoms with E-state index in [0.717, 1.165) is 30.2 Å². The summed E-state index contributed by atoms with van der Waals surface area (Å²) in [6, 6.07) is 9.98. The third-order valence-electron chi connectivity index (χ3n) is 4.79. The van der Waals surface area contributed by atoms with Gasteiger partial charge >= 0.3 is 0 Å². The van der Waals surface area contributed by atoms with Crippen molar-refractivity contribution in [2.45, 2.75) is 31.1 Å². The van der Waals surface area contributed by atoms with Gasteiger partial charge in [0.1, 0.15) is 10.7 Å². The molecule has 1 heterocycles. The second-order valence-corrected chi connectivity index (χ2v) is 8.62. The number of halogens is 1. The molecule has 0 atom stereocenters. The topological polar surface area (TPSA) is 95.6 Å². The van der Waals surface area contributed by atoms with Crippen LogP contribution < -0.4 is 10.9 Å². The Morgan fingerprint density at radius 1 is 0.966 bits per heavy atom. The Labute approximate surface area is 168 Å². The first-order valence-electron chi connectivity index (χ1n) is 9.32. The number of benzene rings is 2. The van der Waals surface area contributed by atoms with Gasteiger partial charge in [0.2, 0.25) is 10.0 Å². The van der Waals surface area contributed by atoms with Crippen molar-refractivity contribution < 1.29 is 22.4 Å². The maximum atomic E-state index is 14.2. The van der Waals surface area contributed by atoms with Crippen molar-refractivity contribution in [3.63, 3.8) is 0 Å². The Morgan fingerprint density at radius 3 is 2.10 bits per heavy atom. The molecule has 2 amide bonds. The number of nitrogens with zero attached hydrogens (tertiary/aromatic N) is 1. The molecule has 2 aromatic rings. The number of carbonyl (C=O) groups excluding carboxylic acids is 2. The number of hydrogen-bond acceptors (Lipinski definition) is 4. The predicted octanol–water partition coefficient (Wildman–Crippen LogP) is 2.25. The lowest BCUT2D eigenvalue weighted by Gasteiger charge is -2.16. The molecule has 1 saturated heterocycles. The van der Waals surface area contributed by atoms with Gasteiger partial charge in [-0.15, -0.1) is 0 Å². The molecule has 29 heavy (non-hydrogen) atoms. The molecule has 1 fully saturated rings. The molecule has 2 N–H and O–H groups in total. The molecule has 0 unspecified atom stereocenters. The summed E-state index contributed by atoms with van der Waals surface area (Å²) in [5.41, 5.74) is 5.85. The quantitative estimate of drug-likeness (QED) is 0.727. The van der Waals surface area contributed by atoms with Gasteiger partial charge in [-0.1, -0.05) is 19.1 Å². The highest BCUT2D eigenvalue weighted by atomic mass is 32.2. The summed E-state index contributed by atoms with van der Waals surface area (Å²) in [6.07, 6.45) is 2.27. The Bertz CT molecular complexity index is 1020. The van der Waals surface area contributed by atoms with Crippen LogP contribution in [0, 0.1) is 5.82 Å². The van der Waals surface area contributed by atoms with E-state index in [4.69, 9.17) is 0 Å². The smallest absolute Gasteiger partial charge is 0.267 e. The maximum Gasteiger partial charge on any atom is 0.269 e. The molecule has 1 aliphatic rings. The second-order valence-electron chi connectivity index (χ2n) is 6.72. The molecule has 1 aliphatic heterocycles. The lowest BCUT2D eigenvalue weighted by molar-refractivity contribution is 0.0846. The lowest BCUT2D eigenvalue weighted by atomic mass is 10.1. The number of amides is 2. The van der Waals surface area contributed by atoms with Crippen LogP contribution in [0.5, 0.6) is 0 Å². The molecule has 0 radical (unpaired) electrons. The average molecular weight is 419 g/mol. The van der Waals surface area contributed by atoms with Crippen LogP contribution in [0.1, 0.15) is 46.0 Å². The lowest BCUT2D eigenvalue weighted by Crippen LogP contribution is -2.41. The first kappa shape index (κ1) is 20.9. The number of rotatable bonds is 5. The fourth-order valence-corrected chi connectivity index (χ4v) is 4.67. The van der Waals surface area contributed by atoms with Gasteiger partial charge in [-0.05, 0) is 55.2 Å². The van der Waals surface area contributed by atoms with Gasteiger partial charge in [0.15, 0.2) is 0 Å². The highest BCUT2D eigenvalue weighted by Crippen LogP contribution is 2.24. The fourth-order valence-electron chi connectivity index (χ4n) is 3.06. The molecule has 0 aromatic heterocycles. The third kappa shape index (κ3) is 4.63. The van der Waals surface area contributed by atoms with E-state index < -0.39 is 32.6 Å². The van der Waals surface area contributed by atoms with Crippen molar-refractivity contribution in [1.29, 1.82) is 0 Å². The summed E-state index contributed by atoms with van der Waals surface area (Å²) in [5.74, 6) is -2.19. The second kappa shape index (κ2) is 8.71. The number of hydrogen-bond donors (Lipinski definition) is 2. The SMILES string of the molecule is CCc1ccc(C(=O)NNC(=O)c2ccc(F)c(S(=O)(=O)N3CCCC3)c2)cc1. The van der Waals surface area contributed by atoms with E-state index in [9.17, 15) is 22.4 Å². The Balaban J connectivity index is 1.71. The molecule has 0 saturated carbocycles. The molecule has 3 rings (SSSR count). The molecular weight excluding hydrogens is 397 g/mol. The van der Waals surface area contributed by atoms with Crippen molar-refractivity contribution in [2.24, 2.45) is 0 Å². The minimum Gasteiger partial charge on any atom is -0.267 e. The first-order chi connectivity index (χ1) is 13.8. The minimum absolute atomic E-state index is 0.0780. The van der Waals surface area contributed by atoms with Crippen molar-refractivity contribution in [1.82, 2.24) is 15.2 Å². The Kier molecular flexibility index (Phi) is 6.29. The van der Waals surface area contributed by atoms with E-state index >= 15 is 0 Å². The Hall–Kier alpha value is -2.78. The number of sulfonamides is 1. The van der Waals surface area contributed by atoms with Crippen LogP contribution in [-0.4, -0.2) is 37.6 Å². The normalized spacial score (nSPS) is 14.6. The summed E-state index contributed by atoms with van der Waals surface area (Å²) >= 11 is 0. The van der Waals surface area contributed by atoms with Crippen LogP contribution in [0.3, 0.4) is 0 Å². The van der Waals surface area contributed by atoms with Crippen LogP contribution in [0.2, 0.25) is 0 Å². The summed E-state index contributed by atoms with van der Waals surface area (Å²) < 4.78 is 40.6. The zero-order valence-electron chi connectivity index (χ0n) is 15.9. The predicted molar refractivity (Wildman–Crippen MR) is 105 cm³/mol. The summed E-state index contributed by atoms with van der Waals surface area (Å²) in [6.45, 7) is 2.65. The molecule has 154 valence electrons. The fraction of sp³-hybridized carbons (Fsp3) is 0.300. The maximum absolute atomic E-state index is 14.2. The van der Waals surface area contributed by atoms with Gasteiger partial charge < -0.3 is 0 Å². The van der Waals surface area contributed by atoms with Crippen LogP contribution in [-0.2, 0) is 16.4 Å². The molecule has 0 bridgehead atoms. The van der Waals surface area contributed by atoms with Gasteiger partial charge in [0.25, 0.3) is 11.8 Å². The van der Waals surface area contributed by atoms with E-state index in [1.807, 2.05) is 19.1 Å². The minimum atomic E-state index is -4.02. The van der Waals surface area contributed by atoms with Gasteiger partial charge in [-0.3, -0.25) is 20.4 Å². The monoisotopic (exact) mass is 419 g/mol. The van der Waals surface area contributed by atoms with Gasteiger partial charge in [-0.25, -0.2) is 12.8 Å². The van der Waals surface area contributed by atoms with Gasteiger partial charge in [-0.2, -0.15) is 4.31 Å². The zero-order chi connectivity index (χ0) is 21.0. The number of hydrazine groups is 1. The first-order valence-corrected chi connectivity index (χ1v) is 10.8. The van der Waals surface area contributed by atoms with Gasteiger partial charge in [0.05, 0.1) is 0 Å². The molecular formula is C20H22FN3O4S. The standard InChI is InChI=1S/C20H22FN3O4S/c1-2-14-5-7-15(8-6-14)19(25)22-23-20(26)16-9-10-17(21)18(13-16)29(27,28)24-11-3-4-12-24/h5-10,13H,2-4,11-12H2,1H3,(H,22,25)(H,23,26). The molecule has 0 aliphatic carbocycles. The summed E-state index contributed by atoms with van der Waals surface area (Å²) in [4.78, 5) is 23.9. The molecule has 9 heteroatoms. The van der Waals surface area contributed by atoms with Crippen LogP contribution >= 0.6 is 0 Å². The van der Waals surface area contributed by atoms with E-state index in [-0.39, 0.29) is 5.56 Å². The van der Waals surface area contributed by atoms with Crippen molar-refractivity contribution in [2.75, 3.05) is 13.1 Å². The highest BCUT2D eigenvalue weighted by molar-refractivity contribution is 7.89. The van der Waals surface area contributed by atoms with E-state index in [2.05, 4.69) is 10.9 Å². The Morgan fingerprint density at radius 2 is 1.52 bits per heavy atom. The highest BCUT2D eigenvalue weighted by Gasteiger charge is 2.30. The summed E-state index contributed by atoms with van der Waals surface area (Å²) in [7, 11) is -4.02. The zero-order valence-corrected chi connectivity index (χ0v) is 16.8. The van der Waals surface area contributed by atoms with Crippen LogP contribution in [0.25, 0.3) is 0 Å². The van der Waals surface area contributed by atoms with E-state index in [1.165, 1.54) is 4.31 Å². The molecule has 2 aromatic carbocycles. The number of carbonyl (C=O) groups is 2. The van der Waals surface area contributed by atoms with Crippen molar-refractivity contribution in [3.8, 4) is 0 Å². The van der Waals surface area contributed by atoms with E-state index in [0.29, 0.717) is 31.5 Å². The van der Waals surface area contributed by atoms with Crippen molar-refractivity contribution in [3.05, 3.63) is 65.0 Å². The van der Waals surface area contributed by atoms with Crippen molar-refractivity contribution >= 4 is 21.8 Å². The number of aryl methyl sites for hydroxylation is 1. The van der Waals surface area contributed by atoms with Crippen LogP contribution in [0.15, 0.2) is 47.4 Å². The number of nitrogens with one attached hydrogen (secondary N) is 2. The average Bonchev–Trinajstić information content (AvgIpc) is 3.28.